The maximum Gasteiger partial charge on any atom is 0.338 e. The molecule has 22 heavy (non-hydrogen) atoms. The van der Waals surface area contributed by atoms with Gasteiger partial charge >= 0.3 is 5.97 Å². The fourth-order valence-electron chi connectivity index (χ4n) is 2.45. The average molecular weight is 319 g/mol. The number of halogens is 1. The number of methoxy groups -OCH3 is 1. The first kappa shape index (κ1) is 15.0. The Morgan fingerprint density at radius 1 is 1.05 bits per heavy atom. The normalized spacial score (nSPS) is 24.2. The molecule has 1 aliphatic heterocycles. The van der Waals surface area contributed by atoms with E-state index in [4.69, 9.17) is 25.8 Å². The summed E-state index contributed by atoms with van der Waals surface area (Å²) in [6.07, 6.45) is -2.09. The maximum absolute atomic E-state index is 12.0. The minimum Gasteiger partial charge on any atom is -0.467 e. The minimum atomic E-state index is -0.852. The third-order valence-corrected chi connectivity index (χ3v) is 3.88. The minimum absolute atomic E-state index is 0.483. The van der Waals surface area contributed by atoms with Gasteiger partial charge in [0, 0.05) is 16.1 Å². The van der Waals surface area contributed by atoms with E-state index in [0.29, 0.717) is 10.6 Å². The smallest absolute Gasteiger partial charge is 0.338 e. The van der Waals surface area contributed by atoms with Crippen LogP contribution < -0.4 is 0 Å². The van der Waals surface area contributed by atoms with Crippen LogP contribution in [0.1, 0.15) is 23.5 Å². The molecular weight excluding hydrogens is 304 g/mol. The van der Waals surface area contributed by atoms with E-state index in [2.05, 4.69) is 0 Å². The van der Waals surface area contributed by atoms with Crippen molar-refractivity contribution < 1.29 is 19.0 Å². The van der Waals surface area contributed by atoms with E-state index >= 15 is 0 Å². The highest BCUT2D eigenvalue weighted by atomic mass is 35.5. The van der Waals surface area contributed by atoms with Gasteiger partial charge < -0.3 is 14.2 Å². The SMILES string of the molecule is COC(=O)[C@@H]1O[C@H](c2ccccc2)O[C@@H]1c1ccccc1Cl. The van der Waals surface area contributed by atoms with Crippen molar-refractivity contribution in [1.29, 1.82) is 0 Å². The zero-order valence-electron chi connectivity index (χ0n) is 11.9. The van der Waals surface area contributed by atoms with Crippen molar-refractivity contribution in [2.75, 3.05) is 7.11 Å². The van der Waals surface area contributed by atoms with Gasteiger partial charge in [0.2, 0.25) is 0 Å². The van der Waals surface area contributed by atoms with E-state index in [1.807, 2.05) is 48.5 Å². The van der Waals surface area contributed by atoms with Gasteiger partial charge in [-0.1, -0.05) is 60.1 Å². The second kappa shape index (κ2) is 6.48. The maximum atomic E-state index is 12.0. The fourth-order valence-corrected chi connectivity index (χ4v) is 2.69. The molecule has 114 valence electrons. The third kappa shape index (κ3) is 2.86. The van der Waals surface area contributed by atoms with Crippen LogP contribution in [0.2, 0.25) is 5.02 Å². The predicted molar refractivity (Wildman–Crippen MR) is 81.4 cm³/mol. The van der Waals surface area contributed by atoms with Crippen LogP contribution in [0, 0.1) is 0 Å². The van der Waals surface area contributed by atoms with Gasteiger partial charge in [-0.25, -0.2) is 4.79 Å². The first-order chi connectivity index (χ1) is 10.7. The molecule has 3 atom stereocenters. The lowest BCUT2D eigenvalue weighted by Gasteiger charge is -2.16. The summed E-state index contributed by atoms with van der Waals surface area (Å²) in [7, 11) is 1.32. The summed E-state index contributed by atoms with van der Waals surface area (Å²) in [5, 5.41) is 0.527. The van der Waals surface area contributed by atoms with E-state index in [-0.39, 0.29) is 0 Å². The molecule has 0 aromatic heterocycles. The van der Waals surface area contributed by atoms with E-state index in [1.165, 1.54) is 7.11 Å². The Balaban J connectivity index is 1.93. The molecule has 0 N–H and O–H groups in total. The molecule has 1 heterocycles. The first-order valence-electron chi connectivity index (χ1n) is 6.89. The summed E-state index contributed by atoms with van der Waals surface area (Å²) in [5.74, 6) is -0.483. The Hall–Kier alpha value is -1.88. The Morgan fingerprint density at radius 3 is 2.41 bits per heavy atom. The summed E-state index contributed by atoms with van der Waals surface area (Å²) in [5.41, 5.74) is 1.55. The molecule has 1 aliphatic rings. The zero-order chi connectivity index (χ0) is 15.5. The van der Waals surface area contributed by atoms with Gasteiger partial charge in [-0.2, -0.15) is 0 Å². The number of ether oxygens (including phenoxy) is 3. The predicted octanol–water partition coefficient (Wildman–Crippen LogP) is 3.67. The molecule has 4 nitrogen and oxygen atoms in total. The van der Waals surface area contributed by atoms with Crippen molar-refractivity contribution in [2.45, 2.75) is 18.5 Å². The van der Waals surface area contributed by atoms with E-state index < -0.39 is 24.5 Å². The van der Waals surface area contributed by atoms with Crippen molar-refractivity contribution in [3.05, 3.63) is 70.7 Å². The zero-order valence-corrected chi connectivity index (χ0v) is 12.7. The van der Waals surface area contributed by atoms with Crippen LogP contribution in [0.5, 0.6) is 0 Å². The van der Waals surface area contributed by atoms with E-state index in [0.717, 1.165) is 5.56 Å². The van der Waals surface area contributed by atoms with Gasteiger partial charge in [0.1, 0.15) is 6.10 Å². The highest BCUT2D eigenvalue weighted by molar-refractivity contribution is 6.31. The number of benzene rings is 2. The summed E-state index contributed by atoms with van der Waals surface area (Å²) in [6.45, 7) is 0. The van der Waals surface area contributed by atoms with Gasteiger partial charge in [0.05, 0.1) is 7.11 Å². The Labute approximate surface area is 133 Å². The van der Waals surface area contributed by atoms with Crippen molar-refractivity contribution >= 4 is 17.6 Å². The second-order valence-electron chi connectivity index (χ2n) is 4.90. The van der Waals surface area contributed by atoms with Crippen molar-refractivity contribution in [1.82, 2.24) is 0 Å². The number of rotatable bonds is 3. The monoisotopic (exact) mass is 318 g/mol. The Morgan fingerprint density at radius 2 is 1.73 bits per heavy atom. The van der Waals surface area contributed by atoms with Gasteiger partial charge in [0.15, 0.2) is 12.4 Å². The van der Waals surface area contributed by atoms with Crippen LogP contribution in [0.15, 0.2) is 54.6 Å². The van der Waals surface area contributed by atoms with Gasteiger partial charge in [0.25, 0.3) is 0 Å². The molecule has 2 aromatic carbocycles. The Kier molecular flexibility index (Phi) is 4.43. The molecular formula is C17H15ClO4. The lowest BCUT2D eigenvalue weighted by molar-refractivity contribution is -0.154. The molecule has 0 unspecified atom stereocenters. The van der Waals surface area contributed by atoms with Gasteiger partial charge in [-0.15, -0.1) is 0 Å². The van der Waals surface area contributed by atoms with Crippen molar-refractivity contribution in [3.63, 3.8) is 0 Å². The molecule has 0 spiro atoms. The first-order valence-corrected chi connectivity index (χ1v) is 7.26. The van der Waals surface area contributed by atoms with Crippen LogP contribution >= 0.6 is 11.6 Å². The molecule has 0 radical (unpaired) electrons. The lowest BCUT2D eigenvalue weighted by atomic mass is 10.0. The standard InChI is InChI=1S/C17H15ClO4/c1-20-16(19)15-14(12-9-5-6-10-13(12)18)21-17(22-15)11-7-3-2-4-8-11/h2-10,14-15,17H,1H3/t14-,15-,17-/m1/s1. The molecule has 1 fully saturated rings. The fraction of sp³-hybridized carbons (Fsp3) is 0.235. The van der Waals surface area contributed by atoms with Crippen LogP contribution in [0.4, 0.5) is 0 Å². The van der Waals surface area contributed by atoms with Crippen LogP contribution in [0.25, 0.3) is 0 Å². The number of carbonyl (C=O) groups excluding carboxylic acids is 1. The molecule has 0 amide bonds. The number of hydrogen-bond acceptors (Lipinski definition) is 4. The summed E-state index contributed by atoms with van der Waals surface area (Å²) in [6, 6.07) is 16.7. The highest BCUT2D eigenvalue weighted by Gasteiger charge is 2.43. The van der Waals surface area contributed by atoms with E-state index in [9.17, 15) is 4.79 Å². The molecule has 5 heteroatoms. The largest absolute Gasteiger partial charge is 0.467 e. The second-order valence-corrected chi connectivity index (χ2v) is 5.31. The van der Waals surface area contributed by atoms with Crippen LogP contribution in [-0.2, 0) is 19.0 Å². The van der Waals surface area contributed by atoms with Crippen LogP contribution in [0.3, 0.4) is 0 Å². The molecule has 0 saturated carbocycles. The lowest BCUT2D eigenvalue weighted by Crippen LogP contribution is -2.27. The Bertz CT molecular complexity index is 659. The number of hydrogen-bond donors (Lipinski definition) is 0. The molecule has 2 aromatic rings. The molecule has 0 aliphatic carbocycles. The summed E-state index contributed by atoms with van der Waals surface area (Å²) in [4.78, 5) is 12.0. The summed E-state index contributed by atoms with van der Waals surface area (Å²) >= 11 is 6.22. The van der Waals surface area contributed by atoms with Crippen molar-refractivity contribution in [2.24, 2.45) is 0 Å². The van der Waals surface area contributed by atoms with Gasteiger partial charge in [-0.3, -0.25) is 0 Å². The summed E-state index contributed by atoms with van der Waals surface area (Å²) < 4.78 is 16.5. The molecule has 1 saturated heterocycles. The number of carbonyl (C=O) groups is 1. The van der Waals surface area contributed by atoms with Crippen LogP contribution in [-0.4, -0.2) is 19.2 Å². The molecule has 3 rings (SSSR count). The van der Waals surface area contributed by atoms with E-state index in [1.54, 1.807) is 6.07 Å². The average Bonchev–Trinajstić information content (AvgIpc) is 3.00. The highest BCUT2D eigenvalue weighted by Crippen LogP contribution is 2.42. The number of esters is 1. The van der Waals surface area contributed by atoms with Crippen molar-refractivity contribution in [3.8, 4) is 0 Å². The van der Waals surface area contributed by atoms with Gasteiger partial charge in [-0.05, 0) is 6.07 Å². The topological polar surface area (TPSA) is 44.8 Å². The quantitative estimate of drug-likeness (QED) is 0.810. The third-order valence-electron chi connectivity index (χ3n) is 3.53. The molecule has 0 bridgehead atoms.